The van der Waals surface area contributed by atoms with E-state index in [9.17, 15) is 0 Å². The first-order valence-corrected chi connectivity index (χ1v) is 7.56. The summed E-state index contributed by atoms with van der Waals surface area (Å²) in [5.41, 5.74) is 2.24. The molecule has 0 saturated heterocycles. The molecule has 1 aromatic heterocycles. The molecule has 0 aliphatic rings. The van der Waals surface area contributed by atoms with Crippen LogP contribution in [0.3, 0.4) is 0 Å². The summed E-state index contributed by atoms with van der Waals surface area (Å²) in [5.74, 6) is 0.964. The van der Waals surface area contributed by atoms with E-state index in [1.807, 2.05) is 18.2 Å². The van der Waals surface area contributed by atoms with Crippen LogP contribution in [0.15, 0.2) is 29.6 Å². The Kier molecular flexibility index (Phi) is 5.36. The fourth-order valence-corrected chi connectivity index (χ4v) is 2.56. The summed E-state index contributed by atoms with van der Waals surface area (Å²) in [6.45, 7) is 6.58. The highest BCUT2D eigenvalue weighted by molar-refractivity contribution is 7.09. The summed E-state index contributed by atoms with van der Waals surface area (Å²) >= 11 is 1.68. The van der Waals surface area contributed by atoms with Crippen molar-refractivity contribution in [2.24, 2.45) is 0 Å². The van der Waals surface area contributed by atoms with Gasteiger partial charge in [0.25, 0.3) is 0 Å². The number of hydrogen-bond acceptors (Lipinski definition) is 4. The van der Waals surface area contributed by atoms with E-state index in [2.05, 4.69) is 35.6 Å². The predicted octanol–water partition coefficient (Wildman–Crippen LogP) is 3.39. The van der Waals surface area contributed by atoms with Gasteiger partial charge >= 0.3 is 0 Å². The summed E-state index contributed by atoms with van der Waals surface area (Å²) < 4.78 is 5.86. The fourth-order valence-electron chi connectivity index (χ4n) is 1.82. The molecule has 0 atom stereocenters. The van der Waals surface area contributed by atoms with Crippen molar-refractivity contribution in [2.45, 2.75) is 33.4 Å². The van der Waals surface area contributed by atoms with Gasteiger partial charge in [-0.25, -0.2) is 4.98 Å². The molecule has 0 aliphatic heterocycles. The van der Waals surface area contributed by atoms with Gasteiger partial charge in [-0.1, -0.05) is 32.0 Å². The average molecular weight is 276 g/mol. The average Bonchev–Trinajstić information content (AvgIpc) is 2.91. The summed E-state index contributed by atoms with van der Waals surface area (Å²) in [4.78, 5) is 4.55. The highest BCUT2D eigenvalue weighted by atomic mass is 32.1. The minimum atomic E-state index is 0.541. The smallest absolute Gasteiger partial charge is 0.131 e. The summed E-state index contributed by atoms with van der Waals surface area (Å²) in [7, 11) is 0. The molecule has 1 N–H and O–H groups in total. The zero-order valence-electron chi connectivity index (χ0n) is 11.5. The molecule has 0 amide bonds. The van der Waals surface area contributed by atoms with E-state index in [0.29, 0.717) is 6.61 Å². The molecule has 1 heterocycles. The van der Waals surface area contributed by atoms with E-state index in [4.69, 9.17) is 4.74 Å². The molecule has 0 unspecified atom stereocenters. The minimum Gasteiger partial charge on any atom is -0.487 e. The van der Waals surface area contributed by atoms with Crippen molar-refractivity contribution < 1.29 is 4.74 Å². The number of thiazole rings is 1. The van der Waals surface area contributed by atoms with Gasteiger partial charge in [-0.15, -0.1) is 11.3 Å². The lowest BCUT2D eigenvalue weighted by molar-refractivity contribution is 0.299. The third-order valence-corrected chi connectivity index (χ3v) is 3.75. The van der Waals surface area contributed by atoms with E-state index in [1.54, 1.807) is 11.3 Å². The highest BCUT2D eigenvalue weighted by Crippen LogP contribution is 2.20. The first-order chi connectivity index (χ1) is 9.33. The Morgan fingerprint density at radius 1 is 1.26 bits per heavy atom. The van der Waals surface area contributed by atoms with Crippen LogP contribution in [0, 0.1) is 0 Å². The zero-order chi connectivity index (χ0) is 13.5. The number of aryl methyl sites for hydroxylation is 1. The van der Waals surface area contributed by atoms with Crippen LogP contribution >= 0.6 is 11.3 Å². The summed E-state index contributed by atoms with van der Waals surface area (Å²) in [5, 5.41) is 6.46. The van der Waals surface area contributed by atoms with Crippen LogP contribution in [0.25, 0.3) is 0 Å². The van der Waals surface area contributed by atoms with Gasteiger partial charge in [0, 0.05) is 11.9 Å². The van der Waals surface area contributed by atoms with Crippen LogP contribution in [0.4, 0.5) is 0 Å². The van der Waals surface area contributed by atoms with Crippen LogP contribution in [0.1, 0.15) is 30.1 Å². The van der Waals surface area contributed by atoms with Crippen molar-refractivity contribution in [3.05, 3.63) is 45.9 Å². The molecule has 4 heteroatoms. The quantitative estimate of drug-likeness (QED) is 0.841. The Morgan fingerprint density at radius 3 is 2.89 bits per heavy atom. The van der Waals surface area contributed by atoms with Crippen molar-refractivity contribution in [3.8, 4) is 5.75 Å². The number of nitrogens with one attached hydrogen (secondary N) is 1. The second-order valence-electron chi connectivity index (χ2n) is 4.26. The molecule has 0 spiro atoms. The summed E-state index contributed by atoms with van der Waals surface area (Å²) in [6, 6.07) is 8.17. The van der Waals surface area contributed by atoms with Crippen LogP contribution in [-0.4, -0.2) is 11.5 Å². The van der Waals surface area contributed by atoms with Crippen LogP contribution in [-0.2, 0) is 19.6 Å². The molecule has 0 saturated carbocycles. The van der Waals surface area contributed by atoms with Gasteiger partial charge in [0.15, 0.2) is 0 Å². The molecule has 2 aromatic rings. The Morgan fingerprint density at radius 2 is 2.11 bits per heavy atom. The van der Waals surface area contributed by atoms with Gasteiger partial charge in [0.2, 0.25) is 0 Å². The second kappa shape index (κ2) is 7.26. The number of benzene rings is 1. The first kappa shape index (κ1) is 14.0. The molecule has 19 heavy (non-hydrogen) atoms. The topological polar surface area (TPSA) is 34.2 Å². The highest BCUT2D eigenvalue weighted by Gasteiger charge is 2.04. The van der Waals surface area contributed by atoms with Gasteiger partial charge in [0.05, 0.1) is 5.69 Å². The van der Waals surface area contributed by atoms with Gasteiger partial charge in [-0.2, -0.15) is 0 Å². The lowest BCUT2D eigenvalue weighted by atomic mass is 10.1. The van der Waals surface area contributed by atoms with Crippen LogP contribution in [0.5, 0.6) is 5.75 Å². The van der Waals surface area contributed by atoms with E-state index < -0.39 is 0 Å². The van der Waals surface area contributed by atoms with Gasteiger partial charge in [-0.3, -0.25) is 0 Å². The van der Waals surface area contributed by atoms with E-state index in [1.165, 1.54) is 5.56 Å². The standard InChI is InChI=1S/C15H20N2OS/c1-3-12-7-5-6-8-14(12)18-10-13-11-19-15(17-13)9-16-4-2/h5-8,11,16H,3-4,9-10H2,1-2H3. The number of hydrogen-bond donors (Lipinski definition) is 1. The van der Waals surface area contributed by atoms with Crippen LogP contribution in [0.2, 0.25) is 0 Å². The predicted molar refractivity (Wildman–Crippen MR) is 79.6 cm³/mol. The lowest BCUT2D eigenvalue weighted by Crippen LogP contribution is -2.11. The molecule has 102 valence electrons. The SMILES string of the molecule is CCNCc1nc(COc2ccccc2CC)cs1. The number of rotatable bonds is 7. The maximum Gasteiger partial charge on any atom is 0.131 e. The van der Waals surface area contributed by atoms with E-state index in [-0.39, 0.29) is 0 Å². The molecule has 1 aromatic carbocycles. The Bertz CT molecular complexity index is 510. The maximum atomic E-state index is 5.86. The summed E-state index contributed by atoms with van der Waals surface area (Å²) in [6.07, 6.45) is 0.985. The zero-order valence-corrected chi connectivity index (χ0v) is 12.3. The third kappa shape index (κ3) is 4.04. The molecule has 0 bridgehead atoms. The number of para-hydroxylation sites is 1. The maximum absolute atomic E-state index is 5.86. The van der Waals surface area contributed by atoms with Crippen molar-refractivity contribution in [1.82, 2.24) is 10.3 Å². The van der Waals surface area contributed by atoms with Crippen LogP contribution < -0.4 is 10.1 Å². The van der Waals surface area contributed by atoms with E-state index in [0.717, 1.165) is 36.0 Å². The monoisotopic (exact) mass is 276 g/mol. The molecule has 0 aliphatic carbocycles. The fraction of sp³-hybridized carbons (Fsp3) is 0.400. The lowest BCUT2D eigenvalue weighted by Gasteiger charge is -2.08. The Labute approximate surface area is 118 Å². The van der Waals surface area contributed by atoms with Gasteiger partial charge < -0.3 is 10.1 Å². The Balaban J connectivity index is 1.93. The van der Waals surface area contributed by atoms with Crippen molar-refractivity contribution >= 4 is 11.3 Å². The minimum absolute atomic E-state index is 0.541. The number of aromatic nitrogens is 1. The van der Waals surface area contributed by atoms with Crippen molar-refractivity contribution in [1.29, 1.82) is 0 Å². The largest absolute Gasteiger partial charge is 0.487 e. The molecular formula is C15H20N2OS. The normalized spacial score (nSPS) is 10.6. The number of nitrogens with zero attached hydrogens (tertiary/aromatic N) is 1. The Hall–Kier alpha value is -1.39. The molecular weight excluding hydrogens is 256 g/mol. The molecule has 3 nitrogen and oxygen atoms in total. The van der Waals surface area contributed by atoms with Gasteiger partial charge in [0.1, 0.15) is 17.4 Å². The molecule has 2 rings (SSSR count). The van der Waals surface area contributed by atoms with E-state index >= 15 is 0 Å². The van der Waals surface area contributed by atoms with Crippen molar-refractivity contribution in [3.63, 3.8) is 0 Å². The number of ether oxygens (including phenoxy) is 1. The second-order valence-corrected chi connectivity index (χ2v) is 5.21. The molecule has 0 fully saturated rings. The first-order valence-electron chi connectivity index (χ1n) is 6.68. The third-order valence-electron chi connectivity index (χ3n) is 2.85. The molecule has 0 radical (unpaired) electrons. The van der Waals surface area contributed by atoms with Crippen molar-refractivity contribution in [2.75, 3.05) is 6.54 Å². The van der Waals surface area contributed by atoms with Gasteiger partial charge in [-0.05, 0) is 24.6 Å².